The van der Waals surface area contributed by atoms with E-state index in [2.05, 4.69) is 33.8 Å². The fraction of sp³-hybridized carbons (Fsp3) is 0. The van der Waals surface area contributed by atoms with Crippen LogP contribution >= 0.6 is 11.3 Å². The predicted octanol–water partition coefficient (Wildman–Crippen LogP) is 2.78. The third-order valence-electron chi connectivity index (χ3n) is 2.05. The second-order valence-corrected chi connectivity index (χ2v) is 3.68. The Morgan fingerprint density at radius 2 is 2.25 bits per heavy atom. The van der Waals surface area contributed by atoms with Gasteiger partial charge in [0.2, 0.25) is 0 Å². The van der Waals surface area contributed by atoms with E-state index in [4.69, 9.17) is 0 Å². The van der Waals surface area contributed by atoms with Crippen molar-refractivity contribution in [2.24, 2.45) is 0 Å². The maximum atomic E-state index is 4.01. The summed E-state index contributed by atoms with van der Waals surface area (Å²) in [6.45, 7) is 0. The molecule has 0 unspecified atom stereocenters. The standard InChI is InChI=1S/C9H6N2S/c1-2-8-7(3-4-12-8)9-6(1)5-10-11-9/h1-5H,(H,10,11). The highest BCUT2D eigenvalue weighted by Crippen LogP contribution is 2.26. The average molecular weight is 174 g/mol. The molecule has 0 aliphatic carbocycles. The first-order chi connectivity index (χ1) is 5.95. The van der Waals surface area contributed by atoms with Gasteiger partial charge in [-0.25, -0.2) is 0 Å². The van der Waals surface area contributed by atoms with Gasteiger partial charge >= 0.3 is 0 Å². The van der Waals surface area contributed by atoms with Crippen LogP contribution in [0.3, 0.4) is 0 Å². The number of rotatable bonds is 0. The van der Waals surface area contributed by atoms with E-state index in [0.717, 1.165) is 5.52 Å². The molecular formula is C9H6N2S. The van der Waals surface area contributed by atoms with Crippen LogP contribution in [0.5, 0.6) is 0 Å². The van der Waals surface area contributed by atoms with Crippen molar-refractivity contribution in [3.8, 4) is 0 Å². The molecule has 0 spiro atoms. The lowest BCUT2D eigenvalue weighted by molar-refractivity contribution is 1.12. The third-order valence-corrected chi connectivity index (χ3v) is 2.93. The molecule has 2 heterocycles. The van der Waals surface area contributed by atoms with Crippen LogP contribution in [-0.4, -0.2) is 10.2 Å². The van der Waals surface area contributed by atoms with Gasteiger partial charge < -0.3 is 0 Å². The van der Waals surface area contributed by atoms with Crippen LogP contribution in [-0.2, 0) is 0 Å². The number of nitrogens with one attached hydrogen (secondary N) is 1. The van der Waals surface area contributed by atoms with Crippen molar-refractivity contribution in [2.45, 2.75) is 0 Å². The first kappa shape index (κ1) is 6.20. The van der Waals surface area contributed by atoms with Gasteiger partial charge in [0.1, 0.15) is 0 Å². The van der Waals surface area contributed by atoms with Gasteiger partial charge in [-0.15, -0.1) is 11.3 Å². The normalized spacial score (nSPS) is 11.3. The van der Waals surface area contributed by atoms with Crippen molar-refractivity contribution >= 4 is 32.3 Å². The Labute approximate surface area is 72.8 Å². The number of nitrogens with zero attached hydrogens (tertiary/aromatic N) is 1. The molecule has 1 N–H and O–H groups in total. The number of fused-ring (bicyclic) bond motifs is 3. The number of hydrogen-bond acceptors (Lipinski definition) is 2. The number of aromatic nitrogens is 2. The monoisotopic (exact) mass is 174 g/mol. The Bertz CT molecular complexity index is 486. The molecule has 0 saturated heterocycles. The summed E-state index contributed by atoms with van der Waals surface area (Å²) >= 11 is 1.76. The Balaban J connectivity index is 2.71. The quantitative estimate of drug-likeness (QED) is 0.557. The third kappa shape index (κ3) is 0.662. The van der Waals surface area contributed by atoms with Crippen molar-refractivity contribution in [3.05, 3.63) is 29.8 Å². The van der Waals surface area contributed by atoms with E-state index < -0.39 is 0 Å². The first-order valence-corrected chi connectivity index (χ1v) is 4.62. The van der Waals surface area contributed by atoms with Crippen molar-refractivity contribution in [1.82, 2.24) is 10.2 Å². The maximum absolute atomic E-state index is 4.01. The highest BCUT2D eigenvalue weighted by Gasteiger charge is 2.01. The molecule has 0 aliphatic heterocycles. The van der Waals surface area contributed by atoms with Crippen LogP contribution in [0.4, 0.5) is 0 Å². The molecule has 0 saturated carbocycles. The molecule has 2 nitrogen and oxygen atoms in total. The summed E-state index contributed by atoms with van der Waals surface area (Å²) < 4.78 is 1.31. The maximum Gasteiger partial charge on any atom is 0.0737 e. The number of H-pyrrole nitrogens is 1. The molecule has 0 fully saturated rings. The molecule has 0 radical (unpaired) electrons. The van der Waals surface area contributed by atoms with E-state index in [1.165, 1.54) is 15.5 Å². The van der Waals surface area contributed by atoms with E-state index in [1.54, 1.807) is 11.3 Å². The van der Waals surface area contributed by atoms with Crippen LogP contribution in [0.15, 0.2) is 29.8 Å². The van der Waals surface area contributed by atoms with Crippen LogP contribution in [0.25, 0.3) is 21.0 Å². The molecule has 3 aromatic rings. The highest BCUT2D eigenvalue weighted by atomic mass is 32.1. The molecule has 0 aliphatic rings. The van der Waals surface area contributed by atoms with E-state index >= 15 is 0 Å². The topological polar surface area (TPSA) is 28.7 Å². The van der Waals surface area contributed by atoms with Gasteiger partial charge in [0, 0.05) is 15.5 Å². The molecule has 12 heavy (non-hydrogen) atoms. The molecule has 2 aromatic heterocycles. The molecule has 58 valence electrons. The lowest BCUT2D eigenvalue weighted by Crippen LogP contribution is -1.68. The Hall–Kier alpha value is -1.35. The van der Waals surface area contributed by atoms with E-state index in [0.29, 0.717) is 0 Å². The van der Waals surface area contributed by atoms with E-state index in [-0.39, 0.29) is 0 Å². The van der Waals surface area contributed by atoms with Gasteiger partial charge in [0.25, 0.3) is 0 Å². The van der Waals surface area contributed by atoms with Crippen molar-refractivity contribution in [1.29, 1.82) is 0 Å². The fourth-order valence-corrected chi connectivity index (χ4v) is 2.25. The SMILES string of the molecule is c1cc2c(ccc3cn[nH]c32)s1. The minimum Gasteiger partial charge on any atom is -0.277 e. The van der Waals surface area contributed by atoms with Gasteiger partial charge in [-0.05, 0) is 23.6 Å². The van der Waals surface area contributed by atoms with Crippen molar-refractivity contribution in [3.63, 3.8) is 0 Å². The average Bonchev–Trinajstić information content (AvgIpc) is 2.71. The highest BCUT2D eigenvalue weighted by molar-refractivity contribution is 7.17. The summed E-state index contributed by atoms with van der Waals surface area (Å²) in [5, 5.41) is 11.6. The minimum atomic E-state index is 1.15. The largest absolute Gasteiger partial charge is 0.277 e. The van der Waals surface area contributed by atoms with Gasteiger partial charge in [-0.2, -0.15) is 5.10 Å². The number of thiophene rings is 1. The van der Waals surface area contributed by atoms with Gasteiger partial charge in [0.15, 0.2) is 0 Å². The molecule has 0 amide bonds. The lowest BCUT2D eigenvalue weighted by atomic mass is 10.2. The number of benzene rings is 1. The molecule has 3 rings (SSSR count). The lowest BCUT2D eigenvalue weighted by Gasteiger charge is -1.89. The van der Waals surface area contributed by atoms with Crippen molar-refractivity contribution in [2.75, 3.05) is 0 Å². The summed E-state index contributed by atoms with van der Waals surface area (Å²) in [5.41, 5.74) is 1.15. The van der Waals surface area contributed by atoms with Gasteiger partial charge in [-0.1, -0.05) is 0 Å². The number of hydrogen-bond donors (Lipinski definition) is 1. The fourth-order valence-electron chi connectivity index (χ4n) is 1.46. The summed E-state index contributed by atoms with van der Waals surface area (Å²) in [6, 6.07) is 6.36. The zero-order chi connectivity index (χ0) is 7.97. The van der Waals surface area contributed by atoms with Crippen LogP contribution in [0.1, 0.15) is 0 Å². The zero-order valence-electron chi connectivity index (χ0n) is 6.24. The van der Waals surface area contributed by atoms with E-state index in [1.807, 2.05) is 6.20 Å². The summed E-state index contributed by atoms with van der Waals surface area (Å²) in [5.74, 6) is 0. The second-order valence-electron chi connectivity index (χ2n) is 2.73. The first-order valence-electron chi connectivity index (χ1n) is 3.74. The smallest absolute Gasteiger partial charge is 0.0737 e. The minimum absolute atomic E-state index is 1.15. The zero-order valence-corrected chi connectivity index (χ0v) is 7.06. The number of aromatic amines is 1. The van der Waals surface area contributed by atoms with Crippen LogP contribution in [0, 0.1) is 0 Å². The Morgan fingerprint density at radius 3 is 3.25 bits per heavy atom. The van der Waals surface area contributed by atoms with Gasteiger partial charge in [0.05, 0.1) is 11.7 Å². The molecule has 3 heteroatoms. The Morgan fingerprint density at radius 1 is 1.25 bits per heavy atom. The Kier molecular flexibility index (Phi) is 1.07. The van der Waals surface area contributed by atoms with Crippen molar-refractivity contribution < 1.29 is 0 Å². The van der Waals surface area contributed by atoms with E-state index in [9.17, 15) is 0 Å². The summed E-state index contributed by atoms with van der Waals surface area (Å²) in [6.07, 6.45) is 1.85. The second kappa shape index (κ2) is 2.08. The van der Waals surface area contributed by atoms with Gasteiger partial charge in [-0.3, -0.25) is 5.10 Å². The molecule has 1 aromatic carbocycles. The summed E-state index contributed by atoms with van der Waals surface area (Å²) in [4.78, 5) is 0. The predicted molar refractivity (Wildman–Crippen MR) is 51.5 cm³/mol. The molecular weight excluding hydrogens is 168 g/mol. The van der Waals surface area contributed by atoms with Crippen LogP contribution < -0.4 is 0 Å². The molecule has 0 atom stereocenters. The molecule has 0 bridgehead atoms. The summed E-state index contributed by atoms with van der Waals surface area (Å²) in [7, 11) is 0. The van der Waals surface area contributed by atoms with Crippen LogP contribution in [0.2, 0.25) is 0 Å².